The second-order valence-corrected chi connectivity index (χ2v) is 8.90. The number of carboxylic acids is 1. The minimum absolute atomic E-state index is 0.320. The molecular formula is C23H21NO3S2. The molecule has 1 heterocycles. The number of benzene rings is 3. The van der Waals surface area contributed by atoms with Crippen LogP contribution in [0.4, 0.5) is 11.4 Å². The third kappa shape index (κ3) is 4.54. The van der Waals surface area contributed by atoms with Gasteiger partial charge in [0.15, 0.2) is 6.61 Å². The number of aryl methyl sites for hydroxylation is 1. The van der Waals surface area contributed by atoms with Crippen LogP contribution in [0.15, 0.2) is 81.4 Å². The molecule has 0 saturated carbocycles. The number of ether oxygens (including phenoxy) is 1. The van der Waals surface area contributed by atoms with Crippen molar-refractivity contribution in [2.75, 3.05) is 23.8 Å². The predicted octanol–water partition coefficient (Wildman–Crippen LogP) is 5.85. The first-order chi connectivity index (χ1) is 14.1. The number of aliphatic carboxylic acids is 1. The lowest BCUT2D eigenvalue weighted by Crippen LogP contribution is -2.23. The third-order valence-corrected chi connectivity index (χ3v) is 6.72. The SMILES string of the molecule is Cc1cc(SCCN2c3ccccc3Sc3ccccc32)ccc1OCC(=O)O. The molecule has 0 aliphatic carbocycles. The van der Waals surface area contributed by atoms with E-state index >= 15 is 0 Å². The zero-order chi connectivity index (χ0) is 20.2. The standard InChI is InChI=1S/C23H21NO3S2/c1-16-14-17(10-11-20(16)27-15-23(25)26)28-13-12-24-18-6-2-4-8-21(18)29-22-9-5-3-7-19(22)24/h2-11,14H,12-13,15H2,1H3,(H,25,26). The van der Waals surface area contributed by atoms with Gasteiger partial charge in [-0.2, -0.15) is 0 Å². The Hall–Kier alpha value is -2.57. The minimum atomic E-state index is -0.969. The first-order valence-electron chi connectivity index (χ1n) is 9.33. The highest BCUT2D eigenvalue weighted by Crippen LogP contribution is 2.47. The highest BCUT2D eigenvalue weighted by molar-refractivity contribution is 8.00. The zero-order valence-electron chi connectivity index (χ0n) is 16.0. The summed E-state index contributed by atoms with van der Waals surface area (Å²) in [5, 5.41) is 8.76. The van der Waals surface area contributed by atoms with Crippen molar-refractivity contribution < 1.29 is 14.6 Å². The molecule has 3 aromatic carbocycles. The van der Waals surface area contributed by atoms with E-state index in [9.17, 15) is 4.79 Å². The molecule has 0 saturated heterocycles. The van der Waals surface area contributed by atoms with Gasteiger partial charge in [-0.1, -0.05) is 36.0 Å². The van der Waals surface area contributed by atoms with Crippen LogP contribution in [-0.2, 0) is 4.79 Å². The Labute approximate surface area is 178 Å². The van der Waals surface area contributed by atoms with Crippen LogP contribution in [0.2, 0.25) is 0 Å². The van der Waals surface area contributed by atoms with Crippen LogP contribution in [0, 0.1) is 6.92 Å². The van der Waals surface area contributed by atoms with Crippen molar-refractivity contribution in [3.63, 3.8) is 0 Å². The molecule has 0 radical (unpaired) electrons. The maximum atomic E-state index is 10.7. The van der Waals surface area contributed by atoms with Crippen molar-refractivity contribution in [3.8, 4) is 5.75 Å². The molecule has 3 aromatic rings. The van der Waals surface area contributed by atoms with E-state index in [4.69, 9.17) is 9.84 Å². The minimum Gasteiger partial charge on any atom is -0.482 e. The van der Waals surface area contributed by atoms with E-state index in [2.05, 4.69) is 59.5 Å². The lowest BCUT2D eigenvalue weighted by molar-refractivity contribution is -0.139. The van der Waals surface area contributed by atoms with Crippen molar-refractivity contribution in [1.29, 1.82) is 0 Å². The first kappa shape index (κ1) is 19.7. The molecule has 1 N–H and O–H groups in total. The number of hydrogen-bond acceptors (Lipinski definition) is 5. The van der Waals surface area contributed by atoms with Crippen molar-refractivity contribution in [3.05, 3.63) is 72.3 Å². The molecule has 0 atom stereocenters. The summed E-state index contributed by atoms with van der Waals surface area (Å²) in [5.74, 6) is 0.582. The van der Waals surface area contributed by atoms with E-state index in [1.807, 2.05) is 30.8 Å². The van der Waals surface area contributed by atoms with Gasteiger partial charge in [0.2, 0.25) is 0 Å². The fourth-order valence-electron chi connectivity index (χ4n) is 3.29. The molecule has 0 unspecified atom stereocenters. The highest BCUT2D eigenvalue weighted by atomic mass is 32.2. The van der Waals surface area contributed by atoms with Crippen LogP contribution in [0.5, 0.6) is 5.75 Å². The van der Waals surface area contributed by atoms with E-state index in [1.165, 1.54) is 21.2 Å². The lowest BCUT2D eigenvalue weighted by Gasteiger charge is -2.32. The van der Waals surface area contributed by atoms with Crippen LogP contribution in [0.1, 0.15) is 5.56 Å². The van der Waals surface area contributed by atoms with Gasteiger partial charge in [0.05, 0.1) is 11.4 Å². The van der Waals surface area contributed by atoms with Gasteiger partial charge in [-0.25, -0.2) is 4.79 Å². The van der Waals surface area contributed by atoms with Gasteiger partial charge in [0.25, 0.3) is 0 Å². The van der Waals surface area contributed by atoms with Crippen LogP contribution in [0.3, 0.4) is 0 Å². The van der Waals surface area contributed by atoms with E-state index < -0.39 is 5.97 Å². The molecule has 6 heteroatoms. The van der Waals surface area contributed by atoms with E-state index in [1.54, 1.807) is 11.8 Å². The molecule has 0 bridgehead atoms. The summed E-state index contributed by atoms with van der Waals surface area (Å²) in [6, 6.07) is 23.0. The Morgan fingerprint density at radius 3 is 2.31 bits per heavy atom. The van der Waals surface area contributed by atoms with Gasteiger partial charge in [-0.05, 0) is 55.0 Å². The number of thioether (sulfide) groups is 1. The maximum Gasteiger partial charge on any atom is 0.341 e. The van der Waals surface area contributed by atoms with Crippen molar-refractivity contribution in [2.24, 2.45) is 0 Å². The fraction of sp³-hybridized carbons (Fsp3) is 0.174. The van der Waals surface area contributed by atoms with Gasteiger partial charge in [0, 0.05) is 27.0 Å². The van der Waals surface area contributed by atoms with Crippen LogP contribution >= 0.6 is 23.5 Å². The molecule has 0 spiro atoms. The molecule has 4 nitrogen and oxygen atoms in total. The maximum absolute atomic E-state index is 10.7. The van der Waals surface area contributed by atoms with Gasteiger partial charge in [-0.15, -0.1) is 11.8 Å². The van der Waals surface area contributed by atoms with Crippen molar-refractivity contribution in [1.82, 2.24) is 0 Å². The molecule has 4 rings (SSSR count). The molecule has 1 aliphatic rings. The molecule has 0 aromatic heterocycles. The average Bonchev–Trinajstić information content (AvgIpc) is 2.72. The van der Waals surface area contributed by atoms with E-state index in [0.29, 0.717) is 5.75 Å². The van der Waals surface area contributed by atoms with E-state index in [-0.39, 0.29) is 6.61 Å². The number of nitrogens with zero attached hydrogens (tertiary/aromatic N) is 1. The summed E-state index contributed by atoms with van der Waals surface area (Å²) in [4.78, 5) is 16.8. The van der Waals surface area contributed by atoms with Gasteiger partial charge in [-0.3, -0.25) is 0 Å². The Morgan fingerprint density at radius 2 is 1.69 bits per heavy atom. The number of carbonyl (C=O) groups is 1. The number of rotatable bonds is 7. The second kappa shape index (κ2) is 8.84. The fourth-order valence-corrected chi connectivity index (χ4v) is 5.32. The topological polar surface area (TPSA) is 49.8 Å². The Kier molecular flexibility index (Phi) is 6.02. The Balaban J connectivity index is 1.45. The number of para-hydroxylation sites is 2. The summed E-state index contributed by atoms with van der Waals surface area (Å²) >= 11 is 3.61. The monoisotopic (exact) mass is 423 g/mol. The smallest absolute Gasteiger partial charge is 0.341 e. The van der Waals surface area contributed by atoms with Crippen molar-refractivity contribution in [2.45, 2.75) is 21.6 Å². The first-order valence-corrected chi connectivity index (χ1v) is 11.1. The largest absolute Gasteiger partial charge is 0.482 e. The molecular weight excluding hydrogens is 402 g/mol. The number of fused-ring (bicyclic) bond motifs is 2. The molecule has 0 fully saturated rings. The Morgan fingerprint density at radius 1 is 1.03 bits per heavy atom. The normalized spacial score (nSPS) is 12.2. The summed E-state index contributed by atoms with van der Waals surface area (Å²) in [6.07, 6.45) is 0. The third-order valence-electron chi connectivity index (χ3n) is 4.61. The predicted molar refractivity (Wildman–Crippen MR) is 119 cm³/mol. The molecule has 29 heavy (non-hydrogen) atoms. The molecule has 148 valence electrons. The summed E-state index contributed by atoms with van der Waals surface area (Å²) in [7, 11) is 0. The van der Waals surface area contributed by atoms with E-state index in [0.717, 1.165) is 22.8 Å². The second-order valence-electron chi connectivity index (χ2n) is 6.65. The average molecular weight is 424 g/mol. The number of carboxylic acid groups (broad SMARTS) is 1. The quantitative estimate of drug-likeness (QED) is 0.481. The molecule has 0 amide bonds. The van der Waals surface area contributed by atoms with Crippen LogP contribution in [-0.4, -0.2) is 30.0 Å². The highest BCUT2D eigenvalue weighted by Gasteiger charge is 2.22. The number of anilines is 2. The molecule has 1 aliphatic heterocycles. The van der Waals surface area contributed by atoms with Gasteiger partial charge < -0.3 is 14.7 Å². The van der Waals surface area contributed by atoms with Gasteiger partial charge >= 0.3 is 5.97 Å². The lowest BCUT2D eigenvalue weighted by atomic mass is 10.2. The van der Waals surface area contributed by atoms with Crippen LogP contribution < -0.4 is 9.64 Å². The summed E-state index contributed by atoms with van der Waals surface area (Å²) in [5.41, 5.74) is 3.46. The summed E-state index contributed by atoms with van der Waals surface area (Å²) < 4.78 is 5.31. The van der Waals surface area contributed by atoms with Crippen molar-refractivity contribution >= 4 is 40.9 Å². The summed E-state index contributed by atoms with van der Waals surface area (Å²) in [6.45, 7) is 2.52. The van der Waals surface area contributed by atoms with Gasteiger partial charge in [0.1, 0.15) is 5.75 Å². The Bertz CT molecular complexity index is 993. The van der Waals surface area contributed by atoms with Crippen LogP contribution in [0.25, 0.3) is 0 Å². The number of hydrogen-bond donors (Lipinski definition) is 1. The zero-order valence-corrected chi connectivity index (χ0v) is 17.6.